The van der Waals surface area contributed by atoms with Crippen molar-refractivity contribution >= 4 is 5.78 Å². The van der Waals surface area contributed by atoms with Gasteiger partial charge in [-0.15, -0.1) is 0 Å². The highest BCUT2D eigenvalue weighted by Gasteiger charge is 2.57. The summed E-state index contributed by atoms with van der Waals surface area (Å²) in [5.41, 5.74) is 6.57. The number of fused-ring (bicyclic) bond motifs is 2. The van der Waals surface area contributed by atoms with Crippen molar-refractivity contribution in [3.8, 4) is 11.3 Å². The van der Waals surface area contributed by atoms with Crippen molar-refractivity contribution in [3.05, 3.63) is 46.9 Å². The molecule has 0 spiro atoms. The normalized spacial score (nSPS) is 41.7. The van der Waals surface area contributed by atoms with Crippen molar-refractivity contribution in [1.29, 1.82) is 0 Å². The number of piperidine rings is 2. The number of carbonyl (C=O) groups is 1. The van der Waals surface area contributed by atoms with Gasteiger partial charge in [-0.1, -0.05) is 19.9 Å². The van der Waals surface area contributed by atoms with E-state index >= 15 is 0 Å². The van der Waals surface area contributed by atoms with Gasteiger partial charge in [0.05, 0.1) is 5.69 Å². The van der Waals surface area contributed by atoms with Crippen molar-refractivity contribution in [1.82, 2.24) is 20.6 Å². The minimum atomic E-state index is -0.0745. The molecule has 0 radical (unpaired) electrons. The summed E-state index contributed by atoms with van der Waals surface area (Å²) in [5.74, 6) is 3.58. The molecule has 5 heteroatoms. The third-order valence-corrected chi connectivity index (χ3v) is 11.4. The Hall–Kier alpha value is -2.11. The molecule has 2 N–H and O–H groups in total. The van der Waals surface area contributed by atoms with E-state index in [0.29, 0.717) is 11.8 Å². The van der Waals surface area contributed by atoms with Gasteiger partial charge in [-0.05, 0) is 118 Å². The second kappa shape index (κ2) is 7.95. The maximum atomic E-state index is 13.9. The molecule has 8 rings (SSSR count). The van der Waals surface area contributed by atoms with Gasteiger partial charge in [0.25, 0.3) is 0 Å². The van der Waals surface area contributed by atoms with Gasteiger partial charge in [0.2, 0.25) is 0 Å². The highest BCUT2D eigenvalue weighted by atomic mass is 16.1. The molecule has 2 saturated carbocycles. The lowest BCUT2D eigenvalue weighted by Crippen LogP contribution is -2.62. The minimum absolute atomic E-state index is 0.0621. The van der Waals surface area contributed by atoms with Crippen molar-refractivity contribution < 1.29 is 4.79 Å². The van der Waals surface area contributed by atoms with E-state index in [9.17, 15) is 4.79 Å². The summed E-state index contributed by atoms with van der Waals surface area (Å²) < 4.78 is 0. The molecule has 194 valence electrons. The molecule has 4 fully saturated rings. The summed E-state index contributed by atoms with van der Waals surface area (Å²) in [4.78, 5) is 24.1. The fourth-order valence-corrected chi connectivity index (χ4v) is 10.3. The van der Waals surface area contributed by atoms with E-state index in [-0.39, 0.29) is 22.8 Å². The number of rotatable bonds is 1. The maximum absolute atomic E-state index is 13.9. The Kier molecular flexibility index (Phi) is 4.91. The zero-order chi connectivity index (χ0) is 24.9. The van der Waals surface area contributed by atoms with Crippen LogP contribution < -0.4 is 10.6 Å². The Morgan fingerprint density at radius 1 is 0.919 bits per heavy atom. The quantitative estimate of drug-likeness (QED) is 0.555. The van der Waals surface area contributed by atoms with Gasteiger partial charge < -0.3 is 10.6 Å². The van der Waals surface area contributed by atoms with Gasteiger partial charge in [0, 0.05) is 40.0 Å². The van der Waals surface area contributed by atoms with E-state index in [1.165, 1.54) is 43.4 Å². The first-order valence-electron chi connectivity index (χ1n) is 15.0. The highest BCUT2D eigenvalue weighted by molar-refractivity contribution is 6.00. The molecular formula is C32H40N4O. The fraction of sp³-hybridized carbons (Fsp3) is 0.656. The van der Waals surface area contributed by atoms with E-state index in [1.807, 2.05) is 6.20 Å². The number of nitrogens with one attached hydrogen (secondary N) is 2. The Morgan fingerprint density at radius 2 is 1.65 bits per heavy atom. The molecule has 4 aliphatic carbocycles. The predicted octanol–water partition coefficient (Wildman–Crippen LogP) is 5.38. The number of ketones is 1. The molecule has 37 heavy (non-hydrogen) atoms. The lowest BCUT2D eigenvalue weighted by Gasteiger charge is -2.57. The maximum Gasteiger partial charge on any atom is 0.184 e. The molecule has 5 nitrogen and oxygen atoms in total. The van der Waals surface area contributed by atoms with Gasteiger partial charge in [-0.25, -0.2) is 4.98 Å². The second-order valence-corrected chi connectivity index (χ2v) is 13.6. The molecule has 2 aliphatic heterocycles. The fourth-order valence-electron chi connectivity index (χ4n) is 10.3. The van der Waals surface area contributed by atoms with Crippen LogP contribution in [0, 0.1) is 35.5 Å². The highest BCUT2D eigenvalue weighted by Crippen LogP contribution is 2.57. The third-order valence-electron chi connectivity index (χ3n) is 11.4. The van der Waals surface area contributed by atoms with Crippen LogP contribution in [0.5, 0.6) is 0 Å². The number of hydrogen-bond acceptors (Lipinski definition) is 5. The van der Waals surface area contributed by atoms with Crippen LogP contribution >= 0.6 is 0 Å². The Balaban J connectivity index is 1.24. The first-order valence-corrected chi connectivity index (χ1v) is 15.0. The SMILES string of the molecule is CC1C[C@H]2Cc3ncc(-c4ccc5c(n4)C(=O)[C@@H]4CC(C)C[C@]56NCCC[C@H]46)cc3[C@]3(C1)NCCC[C@H]23. The van der Waals surface area contributed by atoms with Crippen LogP contribution in [0.1, 0.15) is 92.5 Å². The molecule has 0 aromatic carbocycles. The summed E-state index contributed by atoms with van der Waals surface area (Å²) in [6.45, 7) is 6.89. The molecule has 2 saturated heterocycles. The van der Waals surface area contributed by atoms with E-state index in [1.54, 1.807) is 0 Å². The van der Waals surface area contributed by atoms with Crippen LogP contribution in [-0.4, -0.2) is 28.8 Å². The molecule has 2 aromatic heterocycles. The standard InChI is InChI=1S/C32H40N4O/c1-18-11-20-14-28-26(31(15-18)23(20)5-3-9-34-31)13-21(17-33-28)27-8-7-25-29(36-27)30(37)22-12-19(2)16-32(25)24(22)6-4-10-35-32/h7-8,13,17-20,22-24,34-35H,3-6,9-12,14-16H2,1-2H3/t18?,19?,20-,22+,23+,24+,31+,32+/m0/s1. The van der Waals surface area contributed by atoms with E-state index < -0.39 is 0 Å². The predicted molar refractivity (Wildman–Crippen MR) is 144 cm³/mol. The van der Waals surface area contributed by atoms with Gasteiger partial charge in [0.15, 0.2) is 5.78 Å². The molecule has 2 unspecified atom stereocenters. The summed E-state index contributed by atoms with van der Waals surface area (Å²) in [6.07, 6.45) is 12.7. The number of nitrogens with zero attached hydrogens (tertiary/aromatic N) is 2. The van der Waals surface area contributed by atoms with Crippen LogP contribution in [0.25, 0.3) is 11.3 Å². The van der Waals surface area contributed by atoms with Crippen molar-refractivity contribution in [2.75, 3.05) is 13.1 Å². The average Bonchev–Trinajstić information content (AvgIpc) is 2.90. The zero-order valence-corrected chi connectivity index (χ0v) is 22.4. The van der Waals surface area contributed by atoms with Crippen molar-refractivity contribution in [2.24, 2.45) is 35.5 Å². The zero-order valence-electron chi connectivity index (χ0n) is 22.4. The molecule has 4 bridgehead atoms. The summed E-state index contributed by atoms with van der Waals surface area (Å²) >= 11 is 0. The van der Waals surface area contributed by atoms with Crippen LogP contribution in [0.2, 0.25) is 0 Å². The van der Waals surface area contributed by atoms with Crippen molar-refractivity contribution in [3.63, 3.8) is 0 Å². The monoisotopic (exact) mass is 496 g/mol. The summed E-state index contributed by atoms with van der Waals surface area (Å²) in [7, 11) is 0. The Labute approximate surface area is 220 Å². The lowest BCUT2D eigenvalue weighted by molar-refractivity contribution is 0.00808. The van der Waals surface area contributed by atoms with Gasteiger partial charge in [-0.2, -0.15) is 0 Å². The number of pyridine rings is 2. The topological polar surface area (TPSA) is 66.9 Å². The molecule has 6 aliphatic rings. The van der Waals surface area contributed by atoms with E-state index in [2.05, 4.69) is 42.7 Å². The van der Waals surface area contributed by atoms with Crippen molar-refractivity contribution in [2.45, 2.75) is 82.7 Å². The third kappa shape index (κ3) is 3.07. The van der Waals surface area contributed by atoms with E-state index in [0.717, 1.165) is 79.0 Å². The van der Waals surface area contributed by atoms with Crippen LogP contribution in [0.4, 0.5) is 0 Å². The van der Waals surface area contributed by atoms with E-state index in [4.69, 9.17) is 9.97 Å². The number of Topliss-reactive ketones (excluding diaryl/α,β-unsaturated/α-hetero) is 1. The smallest absolute Gasteiger partial charge is 0.184 e. The minimum Gasteiger partial charge on any atom is -0.307 e. The Morgan fingerprint density at radius 3 is 2.46 bits per heavy atom. The number of carbonyl (C=O) groups excluding carboxylic acids is 1. The Bertz CT molecular complexity index is 1290. The molecule has 0 amide bonds. The molecule has 4 heterocycles. The first kappa shape index (κ1) is 22.8. The summed E-state index contributed by atoms with van der Waals surface area (Å²) in [6, 6.07) is 6.82. The molecule has 8 atom stereocenters. The number of aromatic nitrogens is 2. The largest absolute Gasteiger partial charge is 0.307 e. The van der Waals surface area contributed by atoms with Gasteiger partial charge >= 0.3 is 0 Å². The molecule has 2 aromatic rings. The van der Waals surface area contributed by atoms with Crippen LogP contribution in [-0.2, 0) is 17.5 Å². The average molecular weight is 497 g/mol. The second-order valence-electron chi connectivity index (χ2n) is 13.6. The van der Waals surface area contributed by atoms with Gasteiger partial charge in [0.1, 0.15) is 5.69 Å². The number of hydrogen-bond donors (Lipinski definition) is 2. The summed E-state index contributed by atoms with van der Waals surface area (Å²) in [5, 5.41) is 7.95. The lowest BCUT2D eigenvalue weighted by atomic mass is 9.53. The van der Waals surface area contributed by atoms with Crippen LogP contribution in [0.15, 0.2) is 24.4 Å². The van der Waals surface area contributed by atoms with Crippen LogP contribution in [0.3, 0.4) is 0 Å². The molecular weight excluding hydrogens is 456 g/mol. The van der Waals surface area contributed by atoms with Gasteiger partial charge in [-0.3, -0.25) is 9.78 Å². The first-order chi connectivity index (χ1) is 18.0.